The van der Waals surface area contributed by atoms with Crippen LogP contribution in [0.25, 0.3) is 0 Å². The molecule has 3 rings (SSSR count). The lowest BCUT2D eigenvalue weighted by Gasteiger charge is -2.35. The average molecular weight is 388 g/mol. The molecule has 154 valence electrons. The maximum Gasteiger partial charge on any atom is 0.251 e. The van der Waals surface area contributed by atoms with E-state index in [1.165, 1.54) is 5.56 Å². The Morgan fingerprint density at radius 3 is 2.50 bits per heavy atom. The number of benzene rings is 1. The summed E-state index contributed by atoms with van der Waals surface area (Å²) in [6.07, 6.45) is 2.12. The molecule has 1 aromatic carbocycles. The van der Waals surface area contributed by atoms with Gasteiger partial charge in [-0.25, -0.2) is 0 Å². The molecular formula is C22H33N3O3. The van der Waals surface area contributed by atoms with Gasteiger partial charge in [0, 0.05) is 51.3 Å². The number of carbonyl (C=O) groups is 2. The van der Waals surface area contributed by atoms with E-state index >= 15 is 0 Å². The Labute approximate surface area is 168 Å². The van der Waals surface area contributed by atoms with E-state index < -0.39 is 0 Å². The largest absolute Gasteiger partial charge is 0.373 e. The van der Waals surface area contributed by atoms with Crippen LogP contribution in [0.1, 0.15) is 49.5 Å². The van der Waals surface area contributed by atoms with Crippen LogP contribution in [0.5, 0.6) is 0 Å². The number of nitrogens with one attached hydrogen (secondary N) is 1. The second kappa shape index (κ2) is 9.52. The summed E-state index contributed by atoms with van der Waals surface area (Å²) in [6, 6.07) is 7.86. The molecule has 1 N–H and O–H groups in total. The number of hydrogen-bond acceptors (Lipinski definition) is 4. The number of amides is 2. The van der Waals surface area contributed by atoms with Crippen LogP contribution in [0.15, 0.2) is 24.3 Å². The van der Waals surface area contributed by atoms with E-state index in [4.69, 9.17) is 4.74 Å². The summed E-state index contributed by atoms with van der Waals surface area (Å²) in [6.45, 7) is 11.2. The minimum Gasteiger partial charge on any atom is -0.373 e. The van der Waals surface area contributed by atoms with Gasteiger partial charge in [-0.1, -0.05) is 19.1 Å². The minimum atomic E-state index is -0.0558. The molecule has 6 nitrogen and oxygen atoms in total. The van der Waals surface area contributed by atoms with Crippen molar-refractivity contribution in [3.8, 4) is 0 Å². The van der Waals surface area contributed by atoms with Gasteiger partial charge in [-0.2, -0.15) is 0 Å². The molecule has 28 heavy (non-hydrogen) atoms. The highest BCUT2D eigenvalue weighted by atomic mass is 16.5. The maximum atomic E-state index is 12.4. The number of rotatable bonds is 7. The van der Waals surface area contributed by atoms with Crippen molar-refractivity contribution >= 4 is 11.8 Å². The Balaban J connectivity index is 1.44. The summed E-state index contributed by atoms with van der Waals surface area (Å²) < 4.78 is 5.78. The van der Waals surface area contributed by atoms with Crippen LogP contribution >= 0.6 is 0 Å². The first kappa shape index (κ1) is 20.8. The Bertz CT molecular complexity index is 666. The summed E-state index contributed by atoms with van der Waals surface area (Å²) >= 11 is 0. The Morgan fingerprint density at radius 2 is 1.89 bits per heavy atom. The first-order valence-corrected chi connectivity index (χ1v) is 10.4. The summed E-state index contributed by atoms with van der Waals surface area (Å²) in [7, 11) is 0. The van der Waals surface area contributed by atoms with Crippen molar-refractivity contribution in [3.63, 3.8) is 0 Å². The van der Waals surface area contributed by atoms with E-state index in [0.717, 1.165) is 32.6 Å². The van der Waals surface area contributed by atoms with E-state index in [0.29, 0.717) is 25.1 Å². The molecule has 3 unspecified atom stereocenters. The molecule has 0 radical (unpaired) electrons. The molecule has 2 saturated heterocycles. The predicted molar refractivity (Wildman–Crippen MR) is 109 cm³/mol. The molecule has 6 heteroatoms. The van der Waals surface area contributed by atoms with Gasteiger partial charge < -0.3 is 15.0 Å². The molecule has 2 heterocycles. The highest BCUT2D eigenvalue weighted by Gasteiger charge is 2.23. The Morgan fingerprint density at radius 1 is 1.21 bits per heavy atom. The van der Waals surface area contributed by atoms with Gasteiger partial charge in [0.25, 0.3) is 5.91 Å². The zero-order chi connectivity index (χ0) is 20.1. The van der Waals surface area contributed by atoms with Gasteiger partial charge in [0.05, 0.1) is 12.2 Å². The molecule has 2 fully saturated rings. The fourth-order valence-corrected chi connectivity index (χ4v) is 4.14. The predicted octanol–water partition coefficient (Wildman–Crippen LogP) is 2.28. The van der Waals surface area contributed by atoms with E-state index in [1.54, 1.807) is 0 Å². The second-order valence-electron chi connectivity index (χ2n) is 8.41. The number of carbonyl (C=O) groups excluding carboxylic acids is 2. The lowest BCUT2D eigenvalue weighted by molar-refractivity contribution is -0.128. The highest BCUT2D eigenvalue weighted by Crippen LogP contribution is 2.15. The van der Waals surface area contributed by atoms with E-state index in [9.17, 15) is 9.59 Å². The number of likely N-dealkylation sites (tertiary alicyclic amines) is 1. The molecule has 0 aromatic heterocycles. The van der Waals surface area contributed by atoms with Crippen molar-refractivity contribution in [2.45, 2.75) is 52.4 Å². The molecule has 1 aromatic rings. The van der Waals surface area contributed by atoms with Crippen molar-refractivity contribution in [2.24, 2.45) is 5.92 Å². The third-order valence-corrected chi connectivity index (χ3v) is 5.43. The van der Waals surface area contributed by atoms with E-state index in [2.05, 4.69) is 31.0 Å². The van der Waals surface area contributed by atoms with Crippen molar-refractivity contribution in [3.05, 3.63) is 35.4 Å². The molecule has 3 atom stereocenters. The normalized spacial score (nSPS) is 24.4. The number of ether oxygens (including phenoxy) is 1. The highest BCUT2D eigenvalue weighted by molar-refractivity contribution is 5.94. The van der Waals surface area contributed by atoms with E-state index in [-0.39, 0.29) is 29.9 Å². The maximum absolute atomic E-state index is 12.4. The van der Waals surface area contributed by atoms with Crippen LogP contribution < -0.4 is 5.32 Å². The van der Waals surface area contributed by atoms with Crippen LogP contribution in [0.4, 0.5) is 0 Å². The standard InChI is InChI=1S/C22H33N3O3/c1-16(12-25-10-4-5-21(25)26)11-23-22(27)20-8-6-19(7-9-20)15-24-13-17(2)28-18(3)14-24/h6-9,16-18H,4-5,10-15H2,1-3H3,(H,23,27). The van der Waals surface area contributed by atoms with Crippen molar-refractivity contribution in [2.75, 3.05) is 32.7 Å². The van der Waals surface area contributed by atoms with Gasteiger partial charge >= 0.3 is 0 Å². The Kier molecular flexibility index (Phi) is 7.08. The monoisotopic (exact) mass is 387 g/mol. The van der Waals surface area contributed by atoms with Gasteiger partial charge in [0.2, 0.25) is 5.91 Å². The molecule has 0 saturated carbocycles. The Hall–Kier alpha value is -1.92. The number of hydrogen-bond donors (Lipinski definition) is 1. The lowest BCUT2D eigenvalue weighted by Crippen LogP contribution is -2.44. The minimum absolute atomic E-state index is 0.0558. The molecule has 0 bridgehead atoms. The van der Waals surface area contributed by atoms with Crippen LogP contribution in [-0.2, 0) is 16.1 Å². The summed E-state index contributed by atoms with van der Waals surface area (Å²) in [5.41, 5.74) is 1.88. The van der Waals surface area contributed by atoms with Gasteiger partial charge in [0.1, 0.15) is 0 Å². The zero-order valence-corrected chi connectivity index (χ0v) is 17.3. The van der Waals surface area contributed by atoms with Crippen LogP contribution in [0, 0.1) is 5.92 Å². The summed E-state index contributed by atoms with van der Waals surface area (Å²) in [5, 5.41) is 3.00. The zero-order valence-electron chi connectivity index (χ0n) is 17.3. The van der Waals surface area contributed by atoms with Crippen LogP contribution in [-0.4, -0.2) is 66.5 Å². The van der Waals surface area contributed by atoms with E-state index in [1.807, 2.05) is 29.2 Å². The topological polar surface area (TPSA) is 61.9 Å². The second-order valence-corrected chi connectivity index (χ2v) is 8.41. The fourth-order valence-electron chi connectivity index (χ4n) is 4.14. The van der Waals surface area contributed by atoms with Gasteiger partial charge in [-0.3, -0.25) is 14.5 Å². The SMILES string of the molecule is CC(CNC(=O)c1ccc(CN2CC(C)OC(C)C2)cc1)CN1CCCC1=O. The van der Waals surface area contributed by atoms with Gasteiger partial charge in [0.15, 0.2) is 0 Å². The fraction of sp³-hybridized carbons (Fsp3) is 0.636. The van der Waals surface area contributed by atoms with Crippen molar-refractivity contribution in [1.82, 2.24) is 15.1 Å². The van der Waals surface area contributed by atoms with Gasteiger partial charge in [-0.15, -0.1) is 0 Å². The molecule has 0 aliphatic carbocycles. The number of morpholine rings is 1. The first-order chi connectivity index (χ1) is 13.4. The quantitative estimate of drug-likeness (QED) is 0.780. The third kappa shape index (κ3) is 5.79. The smallest absolute Gasteiger partial charge is 0.251 e. The molecule has 0 spiro atoms. The molecule has 2 aliphatic heterocycles. The third-order valence-electron chi connectivity index (χ3n) is 5.43. The molecule has 2 amide bonds. The van der Waals surface area contributed by atoms with Crippen LogP contribution in [0.3, 0.4) is 0 Å². The summed E-state index contributed by atoms with van der Waals surface area (Å²) in [4.78, 5) is 28.4. The van der Waals surface area contributed by atoms with Crippen LogP contribution in [0.2, 0.25) is 0 Å². The first-order valence-electron chi connectivity index (χ1n) is 10.4. The van der Waals surface area contributed by atoms with Gasteiger partial charge in [-0.05, 0) is 43.9 Å². The van der Waals surface area contributed by atoms with Crippen molar-refractivity contribution in [1.29, 1.82) is 0 Å². The summed E-state index contributed by atoms with van der Waals surface area (Å²) in [5.74, 6) is 0.424. The van der Waals surface area contributed by atoms with Crippen molar-refractivity contribution < 1.29 is 14.3 Å². The molecular weight excluding hydrogens is 354 g/mol. The number of nitrogens with zero attached hydrogens (tertiary/aromatic N) is 2. The average Bonchev–Trinajstić information content (AvgIpc) is 3.04. The molecule has 2 aliphatic rings. The lowest BCUT2D eigenvalue weighted by atomic mass is 10.1.